The van der Waals surface area contributed by atoms with Crippen molar-refractivity contribution < 1.29 is 9.13 Å². The van der Waals surface area contributed by atoms with Gasteiger partial charge in [0.2, 0.25) is 0 Å². The summed E-state index contributed by atoms with van der Waals surface area (Å²) in [6.45, 7) is 1.93. The fourth-order valence-corrected chi connectivity index (χ4v) is 2.66. The summed E-state index contributed by atoms with van der Waals surface area (Å²) in [6.07, 6.45) is 0.587. The highest BCUT2D eigenvalue weighted by Crippen LogP contribution is 2.25. The number of ether oxygens (including phenoxy) is 1. The van der Waals surface area contributed by atoms with Gasteiger partial charge in [0.25, 0.3) is 0 Å². The van der Waals surface area contributed by atoms with Gasteiger partial charge in [0.05, 0.1) is 18.3 Å². The van der Waals surface area contributed by atoms with Gasteiger partial charge in [-0.3, -0.25) is 0 Å². The van der Waals surface area contributed by atoms with Crippen molar-refractivity contribution in [2.24, 2.45) is 5.73 Å². The van der Waals surface area contributed by atoms with E-state index in [1.165, 1.54) is 24.5 Å². The number of methoxy groups -OCH3 is 1. The highest BCUT2D eigenvalue weighted by molar-refractivity contribution is 7.09. The van der Waals surface area contributed by atoms with Crippen LogP contribution in [0.5, 0.6) is 5.75 Å². The second-order valence-corrected chi connectivity index (χ2v) is 4.97. The second-order valence-electron chi connectivity index (χ2n) is 4.08. The van der Waals surface area contributed by atoms with Crippen molar-refractivity contribution in [3.8, 4) is 5.75 Å². The third-order valence-electron chi connectivity index (χ3n) is 2.79. The lowest BCUT2D eigenvalue weighted by atomic mass is 10.0. The topological polar surface area (TPSA) is 48.1 Å². The van der Waals surface area contributed by atoms with E-state index in [0.717, 1.165) is 16.1 Å². The Morgan fingerprint density at radius 2 is 2.28 bits per heavy atom. The minimum absolute atomic E-state index is 0.148. The van der Waals surface area contributed by atoms with E-state index in [2.05, 4.69) is 4.98 Å². The Hall–Kier alpha value is -1.46. The van der Waals surface area contributed by atoms with Gasteiger partial charge in [-0.1, -0.05) is 6.07 Å². The molecule has 0 aliphatic rings. The van der Waals surface area contributed by atoms with Crippen molar-refractivity contribution in [1.82, 2.24) is 4.98 Å². The minimum Gasteiger partial charge on any atom is -0.494 e. The lowest BCUT2D eigenvalue weighted by Crippen LogP contribution is -2.13. The number of hydrogen-bond donors (Lipinski definition) is 1. The van der Waals surface area contributed by atoms with Crippen LogP contribution >= 0.6 is 11.3 Å². The Labute approximate surface area is 109 Å². The Kier molecular flexibility index (Phi) is 3.93. The summed E-state index contributed by atoms with van der Waals surface area (Å²) >= 11 is 1.53. The molecule has 0 saturated carbocycles. The first kappa shape index (κ1) is 13.0. The smallest absolute Gasteiger partial charge is 0.165 e. The normalized spacial score (nSPS) is 12.4. The highest BCUT2D eigenvalue weighted by Gasteiger charge is 2.13. The predicted octanol–water partition coefficient (Wildman–Crippen LogP) is 2.84. The van der Waals surface area contributed by atoms with Gasteiger partial charge >= 0.3 is 0 Å². The van der Waals surface area contributed by atoms with Crippen LogP contribution in [0.25, 0.3) is 0 Å². The van der Waals surface area contributed by atoms with Crippen LogP contribution in [0.3, 0.4) is 0 Å². The van der Waals surface area contributed by atoms with E-state index in [9.17, 15) is 4.39 Å². The second kappa shape index (κ2) is 5.46. The molecule has 3 nitrogen and oxygen atoms in total. The molecule has 0 spiro atoms. The largest absolute Gasteiger partial charge is 0.494 e. The molecule has 0 saturated heterocycles. The molecule has 0 aliphatic heterocycles. The van der Waals surface area contributed by atoms with E-state index in [1.54, 1.807) is 11.6 Å². The zero-order chi connectivity index (χ0) is 13.1. The third-order valence-corrected chi connectivity index (χ3v) is 3.85. The van der Waals surface area contributed by atoms with Crippen LogP contribution in [0.1, 0.15) is 22.2 Å². The minimum atomic E-state index is -0.358. The molecule has 2 N–H and O–H groups in total. The van der Waals surface area contributed by atoms with Crippen LogP contribution in [0, 0.1) is 12.7 Å². The van der Waals surface area contributed by atoms with Crippen LogP contribution < -0.4 is 10.5 Å². The van der Waals surface area contributed by atoms with Crippen molar-refractivity contribution in [3.63, 3.8) is 0 Å². The number of benzene rings is 1. The van der Waals surface area contributed by atoms with E-state index in [4.69, 9.17) is 10.5 Å². The first-order valence-electron chi connectivity index (χ1n) is 5.59. The number of thiazole rings is 1. The molecule has 0 bridgehead atoms. The summed E-state index contributed by atoms with van der Waals surface area (Å²) in [5.41, 5.74) is 9.69. The lowest BCUT2D eigenvalue weighted by molar-refractivity contribution is 0.386. The summed E-state index contributed by atoms with van der Waals surface area (Å²) in [5, 5.41) is 0. The van der Waals surface area contributed by atoms with Crippen LogP contribution in [0.2, 0.25) is 0 Å². The fraction of sp³-hybridized carbons (Fsp3) is 0.308. The first-order chi connectivity index (χ1) is 8.61. The molecule has 0 amide bonds. The maximum atomic E-state index is 13.5. The molecule has 1 heterocycles. The Bertz CT molecular complexity index is 542. The quantitative estimate of drug-likeness (QED) is 0.925. The standard InChI is InChI=1S/C13H15FN2OS/c1-8-13(18-7-16-8)11(15)6-9-3-4-12(17-2)10(14)5-9/h3-5,7,11H,6,15H2,1-2H3. The monoisotopic (exact) mass is 266 g/mol. The summed E-state index contributed by atoms with van der Waals surface area (Å²) in [5.74, 6) is -0.107. The molecule has 1 aromatic carbocycles. The number of rotatable bonds is 4. The zero-order valence-corrected chi connectivity index (χ0v) is 11.1. The Morgan fingerprint density at radius 3 is 2.83 bits per heavy atom. The van der Waals surface area contributed by atoms with Crippen LogP contribution in [-0.4, -0.2) is 12.1 Å². The van der Waals surface area contributed by atoms with E-state index >= 15 is 0 Å². The summed E-state index contributed by atoms with van der Waals surface area (Å²) < 4.78 is 18.4. The van der Waals surface area contributed by atoms with Gasteiger partial charge in [-0.15, -0.1) is 11.3 Å². The molecule has 1 unspecified atom stereocenters. The maximum Gasteiger partial charge on any atom is 0.165 e. The van der Waals surface area contributed by atoms with Crippen molar-refractivity contribution in [2.45, 2.75) is 19.4 Å². The van der Waals surface area contributed by atoms with Gasteiger partial charge in [0, 0.05) is 10.9 Å². The number of nitrogens with zero attached hydrogens (tertiary/aromatic N) is 1. The number of aryl methyl sites for hydroxylation is 1. The molecule has 0 radical (unpaired) electrons. The van der Waals surface area contributed by atoms with Crippen molar-refractivity contribution in [3.05, 3.63) is 45.7 Å². The van der Waals surface area contributed by atoms with Gasteiger partial charge in [0.1, 0.15) is 0 Å². The molecule has 2 aromatic rings. The zero-order valence-electron chi connectivity index (χ0n) is 10.3. The predicted molar refractivity (Wildman–Crippen MR) is 70.4 cm³/mol. The highest BCUT2D eigenvalue weighted by atomic mass is 32.1. The van der Waals surface area contributed by atoms with E-state index < -0.39 is 0 Å². The SMILES string of the molecule is COc1ccc(CC(N)c2scnc2C)cc1F. The van der Waals surface area contributed by atoms with Gasteiger partial charge in [-0.25, -0.2) is 9.37 Å². The summed E-state index contributed by atoms with van der Waals surface area (Å²) in [4.78, 5) is 5.22. The molecule has 5 heteroatoms. The van der Waals surface area contributed by atoms with Gasteiger partial charge < -0.3 is 10.5 Å². The fourth-order valence-electron chi connectivity index (χ4n) is 1.85. The van der Waals surface area contributed by atoms with Gasteiger partial charge in [0.15, 0.2) is 11.6 Å². The molecular weight excluding hydrogens is 251 g/mol. The number of aromatic nitrogens is 1. The van der Waals surface area contributed by atoms with E-state index in [1.807, 2.05) is 13.0 Å². The molecule has 0 fully saturated rings. The molecule has 2 rings (SSSR count). The molecule has 1 atom stereocenters. The molecule has 96 valence electrons. The number of nitrogens with two attached hydrogens (primary N) is 1. The average molecular weight is 266 g/mol. The molecule has 1 aromatic heterocycles. The lowest BCUT2D eigenvalue weighted by Gasteiger charge is -2.11. The number of halogens is 1. The van der Waals surface area contributed by atoms with E-state index in [-0.39, 0.29) is 17.6 Å². The van der Waals surface area contributed by atoms with Crippen molar-refractivity contribution in [2.75, 3.05) is 7.11 Å². The average Bonchev–Trinajstić information content (AvgIpc) is 2.76. The first-order valence-corrected chi connectivity index (χ1v) is 6.47. The van der Waals surface area contributed by atoms with Crippen LogP contribution in [0.4, 0.5) is 4.39 Å². The van der Waals surface area contributed by atoms with Gasteiger partial charge in [-0.2, -0.15) is 0 Å². The molecule has 0 aliphatic carbocycles. The maximum absolute atomic E-state index is 13.5. The molecular formula is C13H15FN2OS. The summed E-state index contributed by atoms with van der Waals surface area (Å²) in [7, 11) is 1.45. The molecule has 18 heavy (non-hydrogen) atoms. The van der Waals surface area contributed by atoms with Crippen molar-refractivity contribution in [1.29, 1.82) is 0 Å². The van der Waals surface area contributed by atoms with Gasteiger partial charge in [-0.05, 0) is 31.0 Å². The van der Waals surface area contributed by atoms with Crippen LogP contribution in [0.15, 0.2) is 23.7 Å². The van der Waals surface area contributed by atoms with Crippen molar-refractivity contribution >= 4 is 11.3 Å². The third kappa shape index (κ3) is 2.68. The van der Waals surface area contributed by atoms with E-state index in [0.29, 0.717) is 6.42 Å². The van der Waals surface area contributed by atoms with Crippen LogP contribution in [-0.2, 0) is 6.42 Å². The number of hydrogen-bond acceptors (Lipinski definition) is 4. The summed E-state index contributed by atoms with van der Waals surface area (Å²) in [6, 6.07) is 4.77. The Balaban J connectivity index is 2.15. The Morgan fingerprint density at radius 1 is 1.50 bits per heavy atom.